The van der Waals surface area contributed by atoms with Gasteiger partial charge in [0.2, 0.25) is 11.9 Å². The summed E-state index contributed by atoms with van der Waals surface area (Å²) < 4.78 is 0. The Hall–Kier alpha value is -5.65. The number of fused-ring (bicyclic) bond motifs is 1. The predicted molar refractivity (Wildman–Crippen MR) is 146 cm³/mol. The Morgan fingerprint density at radius 2 is 1.62 bits per heavy atom. The molecule has 0 unspecified atom stereocenters. The molecule has 18 nitrogen and oxygen atoms in total. The Bertz CT molecular complexity index is 1510. The number of hydrogen-bond acceptors (Lipinski definition) is 12. The first kappa shape index (κ1) is 32.6. The summed E-state index contributed by atoms with van der Waals surface area (Å²) in [6, 6.07) is 3.88. The smallest absolute Gasteiger partial charge is 0.326 e. The Morgan fingerprint density at radius 3 is 2.19 bits per heavy atom. The summed E-state index contributed by atoms with van der Waals surface area (Å²) in [4.78, 5) is 80.7. The number of rotatable bonds is 13. The monoisotopic (exact) mass is 587 g/mol. The summed E-state index contributed by atoms with van der Waals surface area (Å²) in [6.45, 7) is 0.231. The van der Waals surface area contributed by atoms with Gasteiger partial charge in [-0.25, -0.2) is 14.8 Å². The maximum Gasteiger partial charge on any atom is 0.326 e. The molecule has 42 heavy (non-hydrogen) atoms. The molecular formula is C24H29N9O9. The number of nitrogens with two attached hydrogens (primary N) is 3. The van der Waals surface area contributed by atoms with Gasteiger partial charge in [-0.2, -0.15) is 4.98 Å². The summed E-state index contributed by atoms with van der Waals surface area (Å²) >= 11 is 0. The number of nitrogen functional groups attached to an aromatic ring is 1. The van der Waals surface area contributed by atoms with Gasteiger partial charge in [0.15, 0.2) is 11.2 Å². The molecular weight excluding hydrogens is 558 g/mol. The third kappa shape index (κ3) is 10.5. The van der Waals surface area contributed by atoms with Crippen LogP contribution in [0, 0.1) is 0 Å². The Labute approximate surface area is 236 Å². The van der Waals surface area contributed by atoms with Crippen LogP contribution in [-0.2, 0) is 25.7 Å². The molecule has 3 aromatic rings. The maximum atomic E-state index is 12.3. The first-order valence-electron chi connectivity index (χ1n) is 12.1. The van der Waals surface area contributed by atoms with Crippen LogP contribution in [0.5, 0.6) is 0 Å². The van der Waals surface area contributed by atoms with Crippen molar-refractivity contribution in [1.82, 2.24) is 25.3 Å². The van der Waals surface area contributed by atoms with Crippen molar-refractivity contribution in [1.29, 1.82) is 0 Å². The van der Waals surface area contributed by atoms with E-state index in [9.17, 15) is 28.8 Å². The zero-order valence-electron chi connectivity index (χ0n) is 21.9. The quantitative estimate of drug-likeness (QED) is 0.111. The Kier molecular flexibility index (Phi) is 11.8. The van der Waals surface area contributed by atoms with Gasteiger partial charge in [0.1, 0.15) is 12.1 Å². The number of nitrogens with one attached hydrogen (secondary N) is 3. The van der Waals surface area contributed by atoms with Crippen molar-refractivity contribution in [3.05, 3.63) is 52.1 Å². The number of anilines is 2. The highest BCUT2D eigenvalue weighted by Gasteiger charge is 2.21. The van der Waals surface area contributed by atoms with Crippen LogP contribution in [0.15, 0.2) is 35.3 Å². The van der Waals surface area contributed by atoms with Crippen LogP contribution >= 0.6 is 0 Å². The highest BCUT2D eigenvalue weighted by atomic mass is 16.4. The van der Waals surface area contributed by atoms with Crippen LogP contribution in [0.1, 0.15) is 41.7 Å². The highest BCUT2D eigenvalue weighted by Crippen LogP contribution is 2.12. The Balaban J connectivity index is 0.000000528. The lowest BCUT2D eigenvalue weighted by molar-refractivity contribution is -0.141. The lowest BCUT2D eigenvalue weighted by atomic mass is 10.1. The number of nitrogens with zero attached hydrogens (tertiary/aromatic N) is 3. The number of H-pyrrole nitrogens is 1. The molecule has 0 aliphatic heterocycles. The standard InChI is InChI=1S/C19H19N7O6.C5H10N2O3/c20-19-25-15-14(17(30)26-19)23-11(8-22-15)7-21-10-3-1-9(2-4-10)16(29)24-12(18(31)32)5-6-13(27)28;6-3(5(9)10)1-2-4(7)8/h1-4,8,12,21H,5-7H2,(H,24,29)(H,27,28)(H,31,32)(H3,20,22,25,26,30);3H,1-2,6H2,(H2,7,8)(H,9,10)/t12-;3-/m00/s1. The summed E-state index contributed by atoms with van der Waals surface area (Å²) in [5, 5.41) is 31.4. The first-order valence-corrected chi connectivity index (χ1v) is 12.1. The van der Waals surface area contributed by atoms with E-state index in [0.29, 0.717) is 11.4 Å². The van der Waals surface area contributed by atoms with Gasteiger partial charge in [-0.15, -0.1) is 0 Å². The van der Waals surface area contributed by atoms with Crippen LogP contribution in [0.3, 0.4) is 0 Å². The van der Waals surface area contributed by atoms with Crippen LogP contribution in [0.25, 0.3) is 11.2 Å². The van der Waals surface area contributed by atoms with E-state index in [2.05, 4.69) is 30.6 Å². The molecule has 0 aliphatic carbocycles. The number of carboxylic acids is 3. The number of hydrogen-bond donors (Lipinski definition) is 9. The minimum Gasteiger partial charge on any atom is -0.481 e. The second kappa shape index (κ2) is 15.2. The molecule has 224 valence electrons. The van der Waals surface area contributed by atoms with Crippen molar-refractivity contribution in [2.45, 2.75) is 44.3 Å². The fourth-order valence-corrected chi connectivity index (χ4v) is 3.18. The number of amides is 2. The van der Waals surface area contributed by atoms with Gasteiger partial charge in [0.05, 0.1) is 18.4 Å². The molecule has 1 aromatic carbocycles. The molecule has 0 spiro atoms. The fraction of sp³-hybridized carbons (Fsp3) is 0.292. The molecule has 2 atom stereocenters. The molecule has 0 radical (unpaired) electrons. The van der Waals surface area contributed by atoms with E-state index in [-0.39, 0.29) is 54.9 Å². The summed E-state index contributed by atoms with van der Waals surface area (Å²) in [7, 11) is 0. The van der Waals surface area contributed by atoms with Crippen molar-refractivity contribution in [3.8, 4) is 0 Å². The number of carbonyl (C=O) groups excluding carboxylic acids is 2. The average Bonchev–Trinajstić information content (AvgIpc) is 2.93. The van der Waals surface area contributed by atoms with Crippen LogP contribution in [0.2, 0.25) is 0 Å². The lowest BCUT2D eigenvalue weighted by Gasteiger charge is -2.14. The minimum absolute atomic E-state index is 0.0213. The van der Waals surface area contributed by atoms with E-state index >= 15 is 0 Å². The van der Waals surface area contributed by atoms with Crippen LogP contribution in [0.4, 0.5) is 11.6 Å². The molecule has 0 saturated carbocycles. The van der Waals surface area contributed by atoms with Gasteiger partial charge < -0.3 is 43.2 Å². The van der Waals surface area contributed by atoms with Crippen molar-refractivity contribution in [2.75, 3.05) is 11.1 Å². The molecule has 12 N–H and O–H groups in total. The van der Waals surface area contributed by atoms with Crippen LogP contribution in [-0.4, -0.2) is 77.1 Å². The van der Waals surface area contributed by atoms with Crippen molar-refractivity contribution in [3.63, 3.8) is 0 Å². The Morgan fingerprint density at radius 1 is 0.952 bits per heavy atom. The second-order valence-corrected chi connectivity index (χ2v) is 8.66. The molecule has 0 fully saturated rings. The van der Waals surface area contributed by atoms with E-state index in [1.54, 1.807) is 12.1 Å². The van der Waals surface area contributed by atoms with E-state index in [1.807, 2.05) is 0 Å². The molecule has 2 heterocycles. The summed E-state index contributed by atoms with van der Waals surface area (Å²) in [5.74, 6) is -4.80. The number of aliphatic carboxylic acids is 3. The number of primary amides is 1. The average molecular weight is 588 g/mol. The van der Waals surface area contributed by atoms with Crippen molar-refractivity contribution in [2.24, 2.45) is 11.5 Å². The van der Waals surface area contributed by atoms with E-state index in [0.717, 1.165) is 0 Å². The molecule has 2 amide bonds. The number of aromatic amines is 1. The van der Waals surface area contributed by atoms with E-state index in [1.165, 1.54) is 18.3 Å². The summed E-state index contributed by atoms with van der Waals surface area (Å²) in [6.07, 6.45) is 0.963. The van der Waals surface area contributed by atoms with Crippen LogP contribution < -0.4 is 33.4 Å². The third-order valence-electron chi connectivity index (χ3n) is 5.38. The second-order valence-electron chi connectivity index (χ2n) is 8.66. The number of carboxylic acid groups (broad SMARTS) is 3. The molecule has 2 aromatic heterocycles. The lowest BCUT2D eigenvalue weighted by Crippen LogP contribution is -2.41. The van der Waals surface area contributed by atoms with Gasteiger partial charge >= 0.3 is 17.9 Å². The van der Waals surface area contributed by atoms with Crippen molar-refractivity contribution < 1.29 is 39.3 Å². The first-order chi connectivity index (χ1) is 19.8. The van der Waals surface area contributed by atoms with Gasteiger partial charge in [-0.1, -0.05) is 0 Å². The van der Waals surface area contributed by atoms with Gasteiger partial charge in [0, 0.05) is 24.1 Å². The summed E-state index contributed by atoms with van der Waals surface area (Å²) in [5.41, 5.74) is 16.3. The normalized spacial score (nSPS) is 11.8. The highest BCUT2D eigenvalue weighted by molar-refractivity contribution is 5.97. The van der Waals surface area contributed by atoms with Gasteiger partial charge in [0.25, 0.3) is 11.5 Å². The maximum absolute atomic E-state index is 12.3. The molecule has 0 bridgehead atoms. The zero-order valence-corrected chi connectivity index (χ0v) is 21.9. The van der Waals surface area contributed by atoms with Gasteiger partial charge in [-0.05, 0) is 37.1 Å². The molecule has 3 rings (SSSR count). The van der Waals surface area contributed by atoms with Crippen molar-refractivity contribution >= 4 is 52.5 Å². The molecule has 18 heteroatoms. The third-order valence-corrected chi connectivity index (χ3v) is 5.38. The number of aromatic nitrogens is 4. The minimum atomic E-state index is -1.31. The van der Waals surface area contributed by atoms with E-state index in [4.69, 9.17) is 32.5 Å². The molecule has 0 aliphatic rings. The fourth-order valence-electron chi connectivity index (χ4n) is 3.18. The van der Waals surface area contributed by atoms with E-state index < -0.39 is 47.4 Å². The topological polar surface area (TPSA) is 320 Å². The number of carbonyl (C=O) groups is 5. The largest absolute Gasteiger partial charge is 0.481 e. The zero-order chi connectivity index (χ0) is 31.4. The molecule has 0 saturated heterocycles. The SMILES string of the molecule is NC(=O)CC[C@H](N)C(=O)O.Nc1nc2ncc(CNc3ccc(C(=O)N[C@@H](CCC(=O)O)C(=O)O)cc3)nc2c(=O)[nH]1. The predicted octanol–water partition coefficient (Wildman–Crippen LogP) is -1.38. The number of benzene rings is 1. The van der Waals surface area contributed by atoms with Gasteiger partial charge in [-0.3, -0.25) is 29.0 Å².